The number of rotatable bonds is 5. The van der Waals surface area contributed by atoms with Crippen molar-refractivity contribution in [3.05, 3.63) is 0 Å². The lowest BCUT2D eigenvalue weighted by molar-refractivity contribution is -0.188. The van der Waals surface area contributed by atoms with Gasteiger partial charge in [-0.3, -0.25) is 4.79 Å². The number of fused-ring (bicyclic) bond motifs is 5. The van der Waals surface area contributed by atoms with E-state index in [0.29, 0.717) is 36.6 Å². The van der Waals surface area contributed by atoms with Crippen molar-refractivity contribution in [1.82, 2.24) is 5.32 Å². The standard InChI is InChI=1S/C23H38N2O3/c1-21-10-9-19-17(18(21)5-6-20(21)26)8-12-23(27)15-16(7-11-22(19,23)2)25-28-14-4-13-24-3/h17-19,24,27H,4-15H2,1-3H3/t17-,18-,19-,21-,22+,23+/m0/s1. The number of ketones is 1. The van der Waals surface area contributed by atoms with Gasteiger partial charge < -0.3 is 15.3 Å². The number of hydrogen-bond acceptors (Lipinski definition) is 5. The zero-order chi connectivity index (χ0) is 20.0. The highest BCUT2D eigenvalue weighted by molar-refractivity contribution is 5.87. The van der Waals surface area contributed by atoms with E-state index in [1.807, 2.05) is 7.05 Å². The third-order valence-corrected chi connectivity index (χ3v) is 9.20. The predicted octanol–water partition coefficient (Wildman–Crippen LogP) is 3.70. The summed E-state index contributed by atoms with van der Waals surface area (Å²) in [6.07, 6.45) is 9.34. The highest BCUT2D eigenvalue weighted by Gasteiger charge is 2.64. The predicted molar refractivity (Wildman–Crippen MR) is 110 cm³/mol. The fourth-order valence-corrected chi connectivity index (χ4v) is 7.35. The van der Waals surface area contributed by atoms with Crippen LogP contribution in [0.15, 0.2) is 5.16 Å². The maximum Gasteiger partial charge on any atom is 0.139 e. The molecule has 0 aliphatic heterocycles. The number of oxime groups is 1. The van der Waals surface area contributed by atoms with E-state index < -0.39 is 5.60 Å². The van der Waals surface area contributed by atoms with Crippen molar-refractivity contribution in [2.45, 2.75) is 83.7 Å². The molecule has 4 aliphatic rings. The molecule has 28 heavy (non-hydrogen) atoms. The first kappa shape index (κ1) is 20.3. The maximum atomic E-state index is 12.6. The Kier molecular flexibility index (Phi) is 5.37. The highest BCUT2D eigenvalue weighted by atomic mass is 16.6. The molecular weight excluding hydrogens is 352 g/mol. The Bertz CT molecular complexity index is 650. The Balaban J connectivity index is 1.47. The molecule has 0 aromatic rings. The van der Waals surface area contributed by atoms with Crippen LogP contribution in [-0.2, 0) is 9.63 Å². The first-order valence-electron chi connectivity index (χ1n) is 11.4. The average molecular weight is 391 g/mol. The van der Waals surface area contributed by atoms with Crippen LogP contribution in [-0.4, -0.2) is 42.4 Å². The van der Waals surface area contributed by atoms with Crippen molar-refractivity contribution in [2.75, 3.05) is 20.2 Å². The number of carbonyl (C=O) groups excluding carboxylic acids is 1. The van der Waals surface area contributed by atoms with Gasteiger partial charge in [0.1, 0.15) is 12.4 Å². The van der Waals surface area contributed by atoms with Crippen LogP contribution in [0.2, 0.25) is 0 Å². The molecule has 0 aromatic carbocycles. The Labute approximate surface area is 169 Å². The zero-order valence-electron chi connectivity index (χ0n) is 17.9. The molecule has 0 spiro atoms. The number of aliphatic hydroxyl groups is 1. The molecule has 0 aromatic heterocycles. The minimum absolute atomic E-state index is 0.0615. The van der Waals surface area contributed by atoms with Gasteiger partial charge in [-0.15, -0.1) is 0 Å². The van der Waals surface area contributed by atoms with Crippen molar-refractivity contribution in [2.24, 2.45) is 33.7 Å². The Morgan fingerprint density at radius 1 is 1.14 bits per heavy atom. The van der Waals surface area contributed by atoms with Gasteiger partial charge in [-0.1, -0.05) is 19.0 Å². The normalized spacial score (nSPS) is 46.8. The number of hydrogen-bond donors (Lipinski definition) is 2. The van der Waals surface area contributed by atoms with Gasteiger partial charge >= 0.3 is 0 Å². The van der Waals surface area contributed by atoms with Gasteiger partial charge in [0, 0.05) is 23.7 Å². The number of Topliss-reactive ketones (excluding diaryl/α,β-unsaturated/α-hetero) is 1. The molecule has 5 heteroatoms. The Morgan fingerprint density at radius 2 is 1.96 bits per heavy atom. The van der Waals surface area contributed by atoms with Gasteiger partial charge in [-0.25, -0.2) is 0 Å². The second-order valence-corrected chi connectivity index (χ2v) is 10.4. The molecule has 4 aliphatic carbocycles. The van der Waals surface area contributed by atoms with Gasteiger partial charge in [-0.05, 0) is 82.7 Å². The van der Waals surface area contributed by atoms with Gasteiger partial charge in [-0.2, -0.15) is 0 Å². The second-order valence-electron chi connectivity index (χ2n) is 10.4. The van der Waals surface area contributed by atoms with E-state index in [4.69, 9.17) is 4.84 Å². The van der Waals surface area contributed by atoms with E-state index in [1.54, 1.807) is 0 Å². The molecule has 0 unspecified atom stereocenters. The van der Waals surface area contributed by atoms with E-state index in [-0.39, 0.29) is 10.8 Å². The summed E-state index contributed by atoms with van der Waals surface area (Å²) in [6.45, 7) is 6.11. The monoisotopic (exact) mass is 390 g/mol. The van der Waals surface area contributed by atoms with Crippen LogP contribution in [0.25, 0.3) is 0 Å². The quantitative estimate of drug-likeness (QED) is 0.555. The summed E-state index contributed by atoms with van der Waals surface area (Å²) in [7, 11) is 1.94. The topological polar surface area (TPSA) is 70.9 Å². The number of carbonyl (C=O) groups is 1. The Morgan fingerprint density at radius 3 is 2.75 bits per heavy atom. The van der Waals surface area contributed by atoms with E-state index in [9.17, 15) is 9.90 Å². The summed E-state index contributed by atoms with van der Waals surface area (Å²) < 4.78 is 0. The first-order chi connectivity index (χ1) is 13.3. The molecule has 5 nitrogen and oxygen atoms in total. The van der Waals surface area contributed by atoms with E-state index in [2.05, 4.69) is 24.3 Å². The minimum atomic E-state index is -0.671. The van der Waals surface area contributed by atoms with Crippen LogP contribution >= 0.6 is 0 Å². The molecule has 158 valence electrons. The van der Waals surface area contributed by atoms with Crippen molar-refractivity contribution in [1.29, 1.82) is 0 Å². The van der Waals surface area contributed by atoms with Crippen LogP contribution < -0.4 is 5.32 Å². The van der Waals surface area contributed by atoms with Crippen LogP contribution in [0.4, 0.5) is 0 Å². The molecule has 6 atom stereocenters. The van der Waals surface area contributed by atoms with E-state index in [0.717, 1.165) is 70.0 Å². The lowest BCUT2D eigenvalue weighted by atomic mass is 9.43. The SMILES string of the molecule is CNCCCON=C1CC[C@]2(C)[C@H]3CC[C@]4(C)C(=O)CC[C@H]4[C@@H]3CC[C@@]2(O)C1. The average Bonchev–Trinajstić information content (AvgIpc) is 2.97. The van der Waals surface area contributed by atoms with Crippen LogP contribution in [0.1, 0.15) is 78.1 Å². The molecule has 4 rings (SSSR count). The highest BCUT2D eigenvalue weighted by Crippen LogP contribution is 2.66. The minimum Gasteiger partial charge on any atom is -0.396 e. The van der Waals surface area contributed by atoms with E-state index >= 15 is 0 Å². The van der Waals surface area contributed by atoms with Crippen molar-refractivity contribution >= 4 is 11.5 Å². The second kappa shape index (κ2) is 7.39. The van der Waals surface area contributed by atoms with E-state index in [1.165, 1.54) is 0 Å². The molecule has 0 saturated heterocycles. The summed E-state index contributed by atoms with van der Waals surface area (Å²) in [6, 6.07) is 0. The van der Waals surface area contributed by atoms with Crippen LogP contribution in [0.3, 0.4) is 0 Å². The molecular formula is C23H38N2O3. The van der Waals surface area contributed by atoms with Gasteiger partial charge in [0.15, 0.2) is 0 Å². The summed E-state index contributed by atoms with van der Waals surface area (Å²) in [5, 5.41) is 19.2. The summed E-state index contributed by atoms with van der Waals surface area (Å²) in [5.41, 5.74) is 0.207. The molecule has 0 bridgehead atoms. The molecule has 4 saturated carbocycles. The summed E-state index contributed by atoms with van der Waals surface area (Å²) in [5.74, 6) is 2.17. The van der Waals surface area contributed by atoms with Gasteiger partial charge in [0.05, 0.1) is 11.3 Å². The largest absolute Gasteiger partial charge is 0.396 e. The molecule has 2 N–H and O–H groups in total. The fraction of sp³-hybridized carbons (Fsp3) is 0.913. The Hall–Kier alpha value is -0.940. The number of nitrogens with one attached hydrogen (secondary N) is 1. The third-order valence-electron chi connectivity index (χ3n) is 9.20. The van der Waals surface area contributed by atoms with Gasteiger partial charge in [0.25, 0.3) is 0 Å². The fourth-order valence-electron chi connectivity index (χ4n) is 7.35. The lowest BCUT2D eigenvalue weighted by Crippen LogP contribution is -2.62. The molecule has 4 fully saturated rings. The molecule has 0 amide bonds. The summed E-state index contributed by atoms with van der Waals surface area (Å²) >= 11 is 0. The smallest absolute Gasteiger partial charge is 0.139 e. The van der Waals surface area contributed by atoms with Crippen LogP contribution in [0, 0.1) is 28.6 Å². The summed E-state index contributed by atoms with van der Waals surface area (Å²) in [4.78, 5) is 18.1. The molecule has 0 radical (unpaired) electrons. The first-order valence-corrected chi connectivity index (χ1v) is 11.4. The lowest BCUT2D eigenvalue weighted by Gasteiger charge is -2.62. The van der Waals surface area contributed by atoms with Crippen molar-refractivity contribution in [3.63, 3.8) is 0 Å². The van der Waals surface area contributed by atoms with Crippen molar-refractivity contribution in [3.8, 4) is 0 Å². The number of nitrogens with zero attached hydrogens (tertiary/aromatic N) is 1. The molecule has 0 heterocycles. The van der Waals surface area contributed by atoms with Gasteiger partial charge in [0.2, 0.25) is 0 Å². The van der Waals surface area contributed by atoms with Crippen molar-refractivity contribution < 1.29 is 14.7 Å². The third kappa shape index (κ3) is 3.04. The zero-order valence-corrected chi connectivity index (χ0v) is 17.9. The maximum absolute atomic E-state index is 12.6. The van der Waals surface area contributed by atoms with Crippen LogP contribution in [0.5, 0.6) is 0 Å².